The number of hydrogen-bond acceptors (Lipinski definition) is 6. The molecule has 6 nitrogen and oxygen atoms in total. The molecule has 0 aliphatic rings. The summed E-state index contributed by atoms with van der Waals surface area (Å²) in [5.41, 5.74) is 1.09. The Labute approximate surface area is 137 Å². The van der Waals surface area contributed by atoms with Gasteiger partial charge < -0.3 is 19.7 Å². The highest BCUT2D eigenvalue weighted by Crippen LogP contribution is 2.27. The third kappa shape index (κ3) is 4.25. The van der Waals surface area contributed by atoms with E-state index in [4.69, 9.17) is 9.47 Å². The molecule has 0 saturated carbocycles. The fraction of sp³-hybridized carbons (Fsp3) is 0.412. The van der Waals surface area contributed by atoms with Crippen LogP contribution in [-0.4, -0.2) is 37.3 Å². The monoisotopic (exact) mass is 316 g/mol. The molecule has 0 atom stereocenters. The lowest BCUT2D eigenvalue weighted by molar-refractivity contribution is 0.354. The molecule has 2 aromatic rings. The molecule has 0 radical (unpaired) electrons. The van der Waals surface area contributed by atoms with Gasteiger partial charge in [0.25, 0.3) is 0 Å². The minimum atomic E-state index is 0.648. The molecular formula is C17H24N4O2. The molecule has 0 spiro atoms. The molecular weight excluding hydrogens is 292 g/mol. The van der Waals surface area contributed by atoms with Crippen molar-refractivity contribution in [2.45, 2.75) is 20.4 Å². The van der Waals surface area contributed by atoms with Crippen molar-refractivity contribution in [3.63, 3.8) is 0 Å². The molecule has 0 fully saturated rings. The summed E-state index contributed by atoms with van der Waals surface area (Å²) in [7, 11) is 3.27. The molecule has 124 valence electrons. The van der Waals surface area contributed by atoms with Gasteiger partial charge in [-0.3, -0.25) is 0 Å². The summed E-state index contributed by atoms with van der Waals surface area (Å²) in [5, 5.41) is 3.32. The lowest BCUT2D eigenvalue weighted by Crippen LogP contribution is -2.24. The summed E-state index contributed by atoms with van der Waals surface area (Å²) < 4.78 is 10.6. The zero-order valence-corrected chi connectivity index (χ0v) is 14.2. The number of nitrogens with one attached hydrogen (secondary N) is 1. The molecule has 1 heterocycles. The molecule has 1 N–H and O–H groups in total. The van der Waals surface area contributed by atoms with Crippen LogP contribution in [-0.2, 0) is 6.54 Å². The Morgan fingerprint density at radius 1 is 1.04 bits per heavy atom. The van der Waals surface area contributed by atoms with Gasteiger partial charge in [0.05, 0.1) is 14.2 Å². The van der Waals surface area contributed by atoms with Crippen LogP contribution in [0.1, 0.15) is 19.4 Å². The van der Waals surface area contributed by atoms with Crippen molar-refractivity contribution in [2.24, 2.45) is 0 Å². The quantitative estimate of drug-likeness (QED) is 0.808. The van der Waals surface area contributed by atoms with E-state index in [-0.39, 0.29) is 0 Å². The van der Waals surface area contributed by atoms with Crippen LogP contribution in [0.15, 0.2) is 30.5 Å². The van der Waals surface area contributed by atoms with Crippen LogP contribution in [0.5, 0.6) is 11.5 Å². The Kier molecular flexibility index (Phi) is 6.02. The van der Waals surface area contributed by atoms with Gasteiger partial charge in [-0.15, -0.1) is 0 Å². The smallest absolute Gasteiger partial charge is 0.227 e. The molecule has 0 unspecified atom stereocenters. The molecule has 0 aliphatic carbocycles. The molecule has 0 aliphatic heterocycles. The Hall–Kier alpha value is -2.50. The molecule has 0 amide bonds. The Bertz CT molecular complexity index is 630. The van der Waals surface area contributed by atoms with Crippen molar-refractivity contribution in [1.29, 1.82) is 0 Å². The van der Waals surface area contributed by atoms with Crippen molar-refractivity contribution < 1.29 is 9.47 Å². The molecule has 1 aromatic carbocycles. The summed E-state index contributed by atoms with van der Waals surface area (Å²) in [6.07, 6.45) is 1.78. The Balaban J connectivity index is 2.07. The normalized spacial score (nSPS) is 10.3. The van der Waals surface area contributed by atoms with E-state index in [1.54, 1.807) is 20.4 Å². The molecule has 23 heavy (non-hydrogen) atoms. The van der Waals surface area contributed by atoms with Gasteiger partial charge in [0.1, 0.15) is 5.82 Å². The first-order chi connectivity index (χ1) is 11.2. The van der Waals surface area contributed by atoms with Crippen LogP contribution >= 0.6 is 0 Å². The molecule has 6 heteroatoms. The topological polar surface area (TPSA) is 59.5 Å². The van der Waals surface area contributed by atoms with Gasteiger partial charge in [-0.1, -0.05) is 6.07 Å². The number of ether oxygens (including phenoxy) is 2. The van der Waals surface area contributed by atoms with Crippen LogP contribution in [0, 0.1) is 0 Å². The first-order valence-electron chi connectivity index (χ1n) is 7.74. The average Bonchev–Trinajstić information content (AvgIpc) is 2.61. The molecule has 1 aromatic heterocycles. The zero-order chi connectivity index (χ0) is 16.7. The van der Waals surface area contributed by atoms with Gasteiger partial charge in [0.2, 0.25) is 5.95 Å². The number of methoxy groups -OCH3 is 2. The van der Waals surface area contributed by atoms with Gasteiger partial charge >= 0.3 is 0 Å². The van der Waals surface area contributed by atoms with E-state index < -0.39 is 0 Å². The van der Waals surface area contributed by atoms with Crippen LogP contribution < -0.4 is 19.7 Å². The maximum Gasteiger partial charge on any atom is 0.227 e. The third-order valence-electron chi connectivity index (χ3n) is 3.61. The SMILES string of the molecule is CCN(CC)c1nccc(NCc2ccc(OC)c(OC)c2)n1. The van der Waals surface area contributed by atoms with Crippen molar-refractivity contribution in [2.75, 3.05) is 37.5 Å². The highest BCUT2D eigenvalue weighted by atomic mass is 16.5. The van der Waals surface area contributed by atoms with E-state index in [1.807, 2.05) is 24.3 Å². The van der Waals surface area contributed by atoms with Gasteiger partial charge in [0.15, 0.2) is 11.5 Å². The Morgan fingerprint density at radius 2 is 1.78 bits per heavy atom. The third-order valence-corrected chi connectivity index (χ3v) is 3.61. The minimum Gasteiger partial charge on any atom is -0.493 e. The van der Waals surface area contributed by atoms with Crippen molar-refractivity contribution in [1.82, 2.24) is 9.97 Å². The van der Waals surface area contributed by atoms with E-state index in [0.29, 0.717) is 6.54 Å². The van der Waals surface area contributed by atoms with Crippen LogP contribution in [0.3, 0.4) is 0 Å². The second-order valence-corrected chi connectivity index (χ2v) is 4.96. The van der Waals surface area contributed by atoms with Gasteiger partial charge in [0, 0.05) is 25.8 Å². The maximum absolute atomic E-state index is 5.32. The lowest BCUT2D eigenvalue weighted by Gasteiger charge is -2.18. The van der Waals surface area contributed by atoms with Gasteiger partial charge in [-0.05, 0) is 37.6 Å². The second-order valence-electron chi connectivity index (χ2n) is 4.96. The fourth-order valence-corrected chi connectivity index (χ4v) is 2.29. The zero-order valence-electron chi connectivity index (χ0n) is 14.2. The minimum absolute atomic E-state index is 0.648. The van der Waals surface area contributed by atoms with E-state index >= 15 is 0 Å². The second kappa shape index (κ2) is 8.22. The van der Waals surface area contributed by atoms with Crippen LogP contribution in [0.2, 0.25) is 0 Å². The predicted molar refractivity (Wildman–Crippen MR) is 92.5 cm³/mol. The summed E-state index contributed by atoms with van der Waals surface area (Å²) >= 11 is 0. The molecule has 0 saturated heterocycles. The lowest BCUT2D eigenvalue weighted by atomic mass is 10.2. The molecule has 2 rings (SSSR count). The van der Waals surface area contributed by atoms with Gasteiger partial charge in [-0.2, -0.15) is 4.98 Å². The maximum atomic E-state index is 5.32. The number of aromatic nitrogens is 2. The number of hydrogen-bond donors (Lipinski definition) is 1. The first-order valence-corrected chi connectivity index (χ1v) is 7.74. The largest absolute Gasteiger partial charge is 0.493 e. The van der Waals surface area contributed by atoms with Crippen molar-refractivity contribution in [3.8, 4) is 11.5 Å². The standard InChI is InChI=1S/C17H24N4O2/c1-5-21(6-2)17-18-10-9-16(20-17)19-12-13-7-8-14(22-3)15(11-13)23-4/h7-11H,5-6,12H2,1-4H3,(H,18,19,20). The van der Waals surface area contributed by atoms with Gasteiger partial charge in [-0.25, -0.2) is 4.98 Å². The number of rotatable bonds is 8. The van der Waals surface area contributed by atoms with Crippen LogP contribution in [0.25, 0.3) is 0 Å². The number of nitrogens with zero attached hydrogens (tertiary/aromatic N) is 3. The fourth-order valence-electron chi connectivity index (χ4n) is 2.29. The van der Waals surface area contributed by atoms with E-state index in [1.165, 1.54) is 0 Å². The number of benzene rings is 1. The highest BCUT2D eigenvalue weighted by Gasteiger charge is 2.07. The average molecular weight is 316 g/mol. The summed E-state index contributed by atoms with van der Waals surface area (Å²) in [5.74, 6) is 2.99. The van der Waals surface area contributed by atoms with Crippen molar-refractivity contribution >= 4 is 11.8 Å². The first kappa shape index (κ1) is 16.9. The summed E-state index contributed by atoms with van der Waals surface area (Å²) in [6.45, 7) is 6.60. The molecule has 0 bridgehead atoms. The number of anilines is 2. The predicted octanol–water partition coefficient (Wildman–Crippen LogP) is 2.95. The van der Waals surface area contributed by atoms with E-state index in [0.717, 1.165) is 41.9 Å². The van der Waals surface area contributed by atoms with E-state index in [9.17, 15) is 0 Å². The van der Waals surface area contributed by atoms with Crippen LogP contribution in [0.4, 0.5) is 11.8 Å². The van der Waals surface area contributed by atoms with Crippen molar-refractivity contribution in [3.05, 3.63) is 36.0 Å². The van der Waals surface area contributed by atoms with E-state index in [2.05, 4.69) is 34.0 Å². The highest BCUT2D eigenvalue weighted by molar-refractivity contribution is 5.45. The summed E-state index contributed by atoms with van der Waals surface area (Å²) in [6, 6.07) is 7.73. The summed E-state index contributed by atoms with van der Waals surface area (Å²) in [4.78, 5) is 11.0. The Morgan fingerprint density at radius 3 is 2.43 bits per heavy atom.